The highest BCUT2D eigenvalue weighted by atomic mass is 16.1. The van der Waals surface area contributed by atoms with Crippen LogP contribution in [0, 0.1) is 6.92 Å². The van der Waals surface area contributed by atoms with Crippen LogP contribution < -0.4 is 0 Å². The Kier molecular flexibility index (Phi) is 2.90. The van der Waals surface area contributed by atoms with E-state index in [2.05, 4.69) is 11.1 Å². The second-order valence-electron chi connectivity index (χ2n) is 5.26. The highest BCUT2D eigenvalue weighted by molar-refractivity contribution is 6.02. The second-order valence-corrected chi connectivity index (χ2v) is 5.26. The molecule has 0 amide bonds. The fraction of sp³-hybridized carbons (Fsp3) is 0.312. The van der Waals surface area contributed by atoms with Crippen LogP contribution in [-0.2, 0) is 9.59 Å². The number of hydrogen-bond donors (Lipinski definition) is 0. The first-order valence-corrected chi connectivity index (χ1v) is 6.52. The first kappa shape index (κ1) is 12.0. The molecule has 3 heteroatoms. The lowest BCUT2D eigenvalue weighted by Gasteiger charge is -2.20. The average Bonchev–Trinajstić information content (AvgIpc) is 2.37. The number of rotatable bonds is 1. The van der Waals surface area contributed by atoms with Crippen molar-refractivity contribution >= 4 is 22.5 Å². The van der Waals surface area contributed by atoms with Crippen molar-refractivity contribution in [3.05, 3.63) is 41.6 Å². The Bertz CT molecular complexity index is 660. The van der Waals surface area contributed by atoms with Gasteiger partial charge in [-0.2, -0.15) is 0 Å². The van der Waals surface area contributed by atoms with Crippen LogP contribution in [0.2, 0.25) is 0 Å². The molecule has 1 aliphatic rings. The van der Waals surface area contributed by atoms with Crippen LogP contribution in [0.4, 0.5) is 0 Å². The van der Waals surface area contributed by atoms with Gasteiger partial charge in [-0.1, -0.05) is 12.1 Å². The van der Waals surface area contributed by atoms with E-state index >= 15 is 0 Å². The molecule has 2 aromatic rings. The van der Waals surface area contributed by atoms with Crippen LogP contribution >= 0.6 is 0 Å². The predicted molar refractivity (Wildman–Crippen MR) is 73.1 cm³/mol. The van der Waals surface area contributed by atoms with Crippen molar-refractivity contribution in [2.24, 2.45) is 0 Å². The Morgan fingerprint density at radius 3 is 2.53 bits per heavy atom. The first-order chi connectivity index (χ1) is 9.11. The molecule has 19 heavy (non-hydrogen) atoms. The summed E-state index contributed by atoms with van der Waals surface area (Å²) in [6, 6.07) is 10.0. The normalized spacial score (nSPS) is 17.1. The third-order valence-electron chi connectivity index (χ3n) is 3.67. The lowest BCUT2D eigenvalue weighted by Crippen LogP contribution is -2.21. The monoisotopic (exact) mass is 253 g/mol. The van der Waals surface area contributed by atoms with Crippen molar-refractivity contribution in [1.29, 1.82) is 0 Å². The maximum Gasteiger partial charge on any atom is 0.140 e. The summed E-state index contributed by atoms with van der Waals surface area (Å²) in [5, 5.41) is 1.06. The molecule has 1 saturated carbocycles. The molecule has 1 fully saturated rings. The molecule has 0 radical (unpaired) electrons. The highest BCUT2D eigenvalue weighted by Crippen LogP contribution is 2.30. The van der Waals surface area contributed by atoms with Crippen LogP contribution in [0.1, 0.15) is 36.4 Å². The molecule has 0 aliphatic heterocycles. The van der Waals surface area contributed by atoms with Crippen molar-refractivity contribution in [3.8, 4) is 0 Å². The molecule has 1 aromatic carbocycles. The Labute approximate surface area is 111 Å². The number of aryl methyl sites for hydroxylation is 1. The number of pyridine rings is 1. The van der Waals surface area contributed by atoms with Crippen LogP contribution in [0.25, 0.3) is 10.9 Å². The van der Waals surface area contributed by atoms with E-state index in [0.717, 1.165) is 22.2 Å². The van der Waals surface area contributed by atoms with Crippen molar-refractivity contribution in [3.63, 3.8) is 0 Å². The zero-order valence-corrected chi connectivity index (χ0v) is 10.8. The van der Waals surface area contributed by atoms with E-state index in [-0.39, 0.29) is 23.9 Å². The summed E-state index contributed by atoms with van der Waals surface area (Å²) in [6.45, 7) is 1.96. The Hall–Kier alpha value is -2.03. The molecule has 0 N–H and O–H groups in total. The van der Waals surface area contributed by atoms with Gasteiger partial charge in [0.2, 0.25) is 0 Å². The zero-order chi connectivity index (χ0) is 13.4. The molecule has 96 valence electrons. The number of Topliss-reactive ketones (excluding diaryl/α,β-unsaturated/α-hetero) is 2. The summed E-state index contributed by atoms with van der Waals surface area (Å²) in [7, 11) is 0. The summed E-state index contributed by atoms with van der Waals surface area (Å²) in [5.74, 6) is 0.159. The summed E-state index contributed by atoms with van der Waals surface area (Å²) in [5.41, 5.74) is 3.01. The maximum atomic E-state index is 11.5. The Balaban J connectivity index is 1.99. The van der Waals surface area contributed by atoms with Gasteiger partial charge in [0, 0.05) is 23.9 Å². The minimum atomic E-state index is 0.0412. The van der Waals surface area contributed by atoms with Gasteiger partial charge in [0.15, 0.2) is 0 Å². The van der Waals surface area contributed by atoms with Crippen LogP contribution in [0.3, 0.4) is 0 Å². The Morgan fingerprint density at radius 2 is 1.79 bits per heavy atom. The SMILES string of the molecule is Cc1ccc2cc(C3CC(=O)CC(=O)C3)ccc2n1. The first-order valence-electron chi connectivity index (χ1n) is 6.52. The minimum Gasteiger partial charge on any atom is -0.299 e. The topological polar surface area (TPSA) is 47.0 Å². The number of carbonyl (C=O) groups excluding carboxylic acids is 2. The van der Waals surface area contributed by atoms with Crippen LogP contribution in [0.15, 0.2) is 30.3 Å². The fourth-order valence-corrected chi connectivity index (χ4v) is 2.72. The van der Waals surface area contributed by atoms with Gasteiger partial charge in [-0.25, -0.2) is 0 Å². The summed E-state index contributed by atoms with van der Waals surface area (Å²) < 4.78 is 0. The van der Waals surface area contributed by atoms with E-state index in [1.165, 1.54) is 0 Å². The smallest absolute Gasteiger partial charge is 0.140 e. The van der Waals surface area contributed by atoms with Crippen LogP contribution in [-0.4, -0.2) is 16.6 Å². The van der Waals surface area contributed by atoms with Gasteiger partial charge in [0.05, 0.1) is 11.9 Å². The number of hydrogen-bond acceptors (Lipinski definition) is 3. The molecular weight excluding hydrogens is 238 g/mol. The molecule has 0 atom stereocenters. The molecule has 3 nitrogen and oxygen atoms in total. The van der Waals surface area contributed by atoms with Crippen LogP contribution in [0.5, 0.6) is 0 Å². The lowest BCUT2D eigenvalue weighted by atomic mass is 9.82. The fourth-order valence-electron chi connectivity index (χ4n) is 2.72. The van der Waals surface area contributed by atoms with Gasteiger partial charge < -0.3 is 0 Å². The molecule has 0 spiro atoms. The van der Waals surface area contributed by atoms with E-state index in [1.54, 1.807) is 0 Å². The highest BCUT2D eigenvalue weighted by Gasteiger charge is 2.26. The van der Waals surface area contributed by atoms with E-state index < -0.39 is 0 Å². The van der Waals surface area contributed by atoms with Crippen molar-refractivity contribution in [1.82, 2.24) is 4.98 Å². The molecule has 3 rings (SSSR count). The van der Waals surface area contributed by atoms with Crippen molar-refractivity contribution in [2.75, 3.05) is 0 Å². The Morgan fingerprint density at radius 1 is 1.05 bits per heavy atom. The van der Waals surface area contributed by atoms with Crippen molar-refractivity contribution in [2.45, 2.75) is 32.1 Å². The van der Waals surface area contributed by atoms with Gasteiger partial charge in [0.1, 0.15) is 11.6 Å². The third-order valence-corrected chi connectivity index (χ3v) is 3.67. The number of carbonyl (C=O) groups is 2. The molecule has 0 unspecified atom stereocenters. The van der Waals surface area contributed by atoms with Gasteiger partial charge in [0.25, 0.3) is 0 Å². The summed E-state index contributed by atoms with van der Waals surface area (Å²) >= 11 is 0. The zero-order valence-electron chi connectivity index (χ0n) is 10.8. The number of ketones is 2. The quantitative estimate of drug-likeness (QED) is 0.734. The van der Waals surface area contributed by atoms with Crippen molar-refractivity contribution < 1.29 is 9.59 Å². The van der Waals surface area contributed by atoms with Gasteiger partial charge >= 0.3 is 0 Å². The molecule has 1 aromatic heterocycles. The predicted octanol–water partition coefficient (Wildman–Crippen LogP) is 2.95. The van der Waals surface area contributed by atoms with E-state index in [0.29, 0.717) is 12.8 Å². The summed E-state index contributed by atoms with van der Waals surface area (Å²) in [4.78, 5) is 27.5. The summed E-state index contributed by atoms with van der Waals surface area (Å²) in [6.07, 6.45) is 1.08. The standard InChI is InChI=1S/C16H15NO2/c1-10-2-3-12-6-11(4-5-16(12)17-10)13-7-14(18)9-15(19)8-13/h2-6,13H,7-9H2,1H3. The van der Waals surface area contributed by atoms with Gasteiger partial charge in [-0.15, -0.1) is 0 Å². The number of nitrogens with zero attached hydrogens (tertiary/aromatic N) is 1. The average molecular weight is 253 g/mol. The molecule has 1 heterocycles. The van der Waals surface area contributed by atoms with E-state index in [1.807, 2.05) is 31.2 Å². The molecule has 1 aliphatic carbocycles. The number of fused-ring (bicyclic) bond motifs is 1. The third kappa shape index (κ3) is 2.41. The number of benzene rings is 1. The largest absolute Gasteiger partial charge is 0.299 e. The molecule has 0 saturated heterocycles. The maximum absolute atomic E-state index is 11.5. The second kappa shape index (κ2) is 4.57. The molecular formula is C16H15NO2. The van der Waals surface area contributed by atoms with Gasteiger partial charge in [-0.3, -0.25) is 14.6 Å². The minimum absolute atomic E-state index is 0.0412. The van der Waals surface area contributed by atoms with Gasteiger partial charge in [-0.05, 0) is 36.6 Å². The van der Waals surface area contributed by atoms with E-state index in [9.17, 15) is 9.59 Å². The lowest BCUT2D eigenvalue weighted by molar-refractivity contribution is -0.130. The number of aromatic nitrogens is 1. The molecule has 0 bridgehead atoms. The van der Waals surface area contributed by atoms with E-state index in [4.69, 9.17) is 0 Å².